The second-order valence-corrected chi connectivity index (χ2v) is 9.05. The van der Waals surface area contributed by atoms with E-state index in [0.29, 0.717) is 17.2 Å². The molecule has 7 nitrogen and oxygen atoms in total. The van der Waals surface area contributed by atoms with E-state index < -0.39 is 0 Å². The van der Waals surface area contributed by atoms with E-state index in [1.165, 1.54) is 21.9 Å². The summed E-state index contributed by atoms with van der Waals surface area (Å²) in [5.74, 6) is 1.32. The lowest BCUT2D eigenvalue weighted by molar-refractivity contribution is 0.211. The number of aromatic hydroxyl groups is 1. The zero-order valence-electron chi connectivity index (χ0n) is 18.6. The van der Waals surface area contributed by atoms with Crippen LogP contribution < -0.4 is 9.64 Å². The Morgan fingerprint density at radius 3 is 2.52 bits per heavy atom. The van der Waals surface area contributed by atoms with Crippen molar-refractivity contribution in [2.75, 3.05) is 38.2 Å². The lowest BCUT2D eigenvalue weighted by atomic mass is 10.0. The summed E-state index contributed by atoms with van der Waals surface area (Å²) in [6, 6.07) is 14.4. The van der Waals surface area contributed by atoms with E-state index >= 15 is 0 Å². The summed E-state index contributed by atoms with van der Waals surface area (Å²) in [5.41, 5.74) is 1.95. The summed E-state index contributed by atoms with van der Waals surface area (Å²) in [6.07, 6.45) is 0.698. The third kappa shape index (κ3) is 4.14. The molecule has 172 valence electrons. The quantitative estimate of drug-likeness (QED) is 0.460. The van der Waals surface area contributed by atoms with Gasteiger partial charge in [0.25, 0.3) is 0 Å². The van der Waals surface area contributed by atoms with Crippen LogP contribution in [0, 0.1) is 5.82 Å². The summed E-state index contributed by atoms with van der Waals surface area (Å²) in [5, 5.41) is 15.4. The lowest BCUT2D eigenvalue weighted by Gasteiger charge is -2.40. The van der Waals surface area contributed by atoms with Crippen LogP contribution in [0.5, 0.6) is 11.6 Å². The van der Waals surface area contributed by atoms with Gasteiger partial charge in [0.15, 0.2) is 5.82 Å². The van der Waals surface area contributed by atoms with Gasteiger partial charge in [-0.2, -0.15) is 4.52 Å². The first kappa shape index (κ1) is 21.7. The second-order valence-electron chi connectivity index (χ2n) is 8.04. The largest absolute Gasteiger partial charge is 0.497 e. The van der Waals surface area contributed by atoms with E-state index in [-0.39, 0.29) is 17.7 Å². The molecule has 1 aliphatic rings. The van der Waals surface area contributed by atoms with Crippen molar-refractivity contribution in [3.05, 3.63) is 70.6 Å². The highest BCUT2D eigenvalue weighted by atomic mass is 32.1. The third-order valence-corrected chi connectivity index (χ3v) is 7.16. The number of rotatable bonds is 6. The minimum Gasteiger partial charge on any atom is -0.497 e. The number of methoxy groups -OCH3 is 1. The second kappa shape index (κ2) is 8.99. The van der Waals surface area contributed by atoms with Crippen molar-refractivity contribution in [1.82, 2.24) is 19.5 Å². The maximum absolute atomic E-state index is 14.2. The van der Waals surface area contributed by atoms with Crippen LogP contribution in [-0.2, 0) is 6.42 Å². The van der Waals surface area contributed by atoms with Crippen molar-refractivity contribution in [3.63, 3.8) is 0 Å². The highest BCUT2D eigenvalue weighted by molar-refractivity contribution is 7.17. The van der Waals surface area contributed by atoms with Crippen LogP contribution in [0.25, 0.3) is 4.96 Å². The molecule has 9 heteroatoms. The number of thiazole rings is 1. The van der Waals surface area contributed by atoms with Crippen LogP contribution >= 0.6 is 11.3 Å². The zero-order valence-corrected chi connectivity index (χ0v) is 19.4. The number of ether oxygens (including phenoxy) is 1. The Balaban J connectivity index is 1.44. The Hall–Kier alpha value is -3.17. The molecular formula is C24H26FN5O2S. The molecule has 2 aromatic carbocycles. The minimum atomic E-state index is -0.290. The molecule has 0 aliphatic carbocycles. The third-order valence-electron chi connectivity index (χ3n) is 6.09. The molecule has 3 heterocycles. The van der Waals surface area contributed by atoms with Gasteiger partial charge in [-0.15, -0.1) is 5.10 Å². The maximum Gasteiger partial charge on any atom is 0.230 e. The molecule has 0 bridgehead atoms. The molecule has 1 aliphatic heterocycles. The zero-order chi connectivity index (χ0) is 22.9. The van der Waals surface area contributed by atoms with Crippen molar-refractivity contribution >= 4 is 22.0 Å². The first-order valence-electron chi connectivity index (χ1n) is 11.0. The molecule has 1 N–H and O–H groups in total. The van der Waals surface area contributed by atoms with E-state index in [1.807, 2.05) is 25.1 Å². The number of fused-ring (bicyclic) bond motifs is 1. The standard InChI is InChI=1S/C24H26FN5O2S/c1-3-20-26-24-30(27-20)23(31)22(33-24)21(16-5-4-6-17(25)15-16)29-13-11-28(12-14-29)18-7-9-19(32-2)10-8-18/h4-10,15,21,31H,3,11-14H2,1-2H3. The first-order valence-corrected chi connectivity index (χ1v) is 11.8. The van der Waals surface area contributed by atoms with Crippen LogP contribution in [0.2, 0.25) is 0 Å². The van der Waals surface area contributed by atoms with Crippen molar-refractivity contribution in [3.8, 4) is 11.6 Å². The summed E-state index contributed by atoms with van der Waals surface area (Å²) >= 11 is 1.41. The fraction of sp³-hybridized carbons (Fsp3) is 0.333. The number of anilines is 1. The summed E-state index contributed by atoms with van der Waals surface area (Å²) < 4.78 is 20.9. The topological polar surface area (TPSA) is 66.1 Å². The van der Waals surface area contributed by atoms with Crippen molar-refractivity contribution in [2.24, 2.45) is 0 Å². The fourth-order valence-corrected chi connectivity index (χ4v) is 5.49. The molecular weight excluding hydrogens is 441 g/mol. The van der Waals surface area contributed by atoms with Gasteiger partial charge in [0.1, 0.15) is 11.6 Å². The number of hydrogen-bond acceptors (Lipinski definition) is 7. The van der Waals surface area contributed by atoms with Gasteiger partial charge in [0.2, 0.25) is 10.8 Å². The number of piperazine rings is 1. The Morgan fingerprint density at radius 2 is 1.88 bits per heavy atom. The monoisotopic (exact) mass is 467 g/mol. The molecule has 1 saturated heterocycles. The van der Waals surface area contributed by atoms with Crippen LogP contribution in [0.4, 0.5) is 10.1 Å². The van der Waals surface area contributed by atoms with Gasteiger partial charge < -0.3 is 14.7 Å². The van der Waals surface area contributed by atoms with Gasteiger partial charge >= 0.3 is 0 Å². The molecule has 33 heavy (non-hydrogen) atoms. The number of hydrogen-bond donors (Lipinski definition) is 1. The van der Waals surface area contributed by atoms with Crippen molar-refractivity contribution in [1.29, 1.82) is 0 Å². The number of aryl methyl sites for hydroxylation is 1. The molecule has 0 radical (unpaired) electrons. The summed E-state index contributed by atoms with van der Waals surface area (Å²) in [6.45, 7) is 5.15. The fourth-order valence-electron chi connectivity index (χ4n) is 4.35. The van der Waals surface area contributed by atoms with Crippen LogP contribution in [0.15, 0.2) is 48.5 Å². The Labute approximate surface area is 195 Å². The molecule has 1 atom stereocenters. The SMILES string of the molecule is CCc1nc2sc(C(c3cccc(F)c3)N3CCN(c4ccc(OC)cc4)CC3)c(O)n2n1. The van der Waals surface area contributed by atoms with Crippen LogP contribution in [0.1, 0.15) is 29.2 Å². The Morgan fingerprint density at radius 1 is 1.12 bits per heavy atom. The van der Waals surface area contributed by atoms with Crippen LogP contribution in [0.3, 0.4) is 0 Å². The van der Waals surface area contributed by atoms with Gasteiger partial charge in [0.05, 0.1) is 18.0 Å². The average Bonchev–Trinajstić information content (AvgIpc) is 3.39. The van der Waals surface area contributed by atoms with E-state index in [1.54, 1.807) is 19.2 Å². The normalized spacial score (nSPS) is 15.8. The van der Waals surface area contributed by atoms with E-state index in [2.05, 4.69) is 32.0 Å². The number of halogens is 1. The first-order chi connectivity index (χ1) is 16.1. The lowest BCUT2D eigenvalue weighted by Crippen LogP contribution is -2.47. The highest BCUT2D eigenvalue weighted by Gasteiger charge is 2.32. The molecule has 1 fully saturated rings. The van der Waals surface area contributed by atoms with Gasteiger partial charge in [-0.1, -0.05) is 30.4 Å². The molecule has 0 saturated carbocycles. The summed E-state index contributed by atoms with van der Waals surface area (Å²) in [7, 11) is 1.66. The predicted molar refractivity (Wildman–Crippen MR) is 127 cm³/mol. The summed E-state index contributed by atoms with van der Waals surface area (Å²) in [4.78, 5) is 10.5. The van der Waals surface area contributed by atoms with E-state index in [9.17, 15) is 9.50 Å². The molecule has 0 amide bonds. The molecule has 4 aromatic rings. The molecule has 1 unspecified atom stereocenters. The molecule has 0 spiro atoms. The molecule has 5 rings (SSSR count). The van der Waals surface area contributed by atoms with E-state index in [4.69, 9.17) is 4.74 Å². The van der Waals surface area contributed by atoms with Gasteiger partial charge in [0, 0.05) is 38.3 Å². The molecule has 2 aromatic heterocycles. The smallest absolute Gasteiger partial charge is 0.230 e. The van der Waals surface area contributed by atoms with E-state index in [0.717, 1.165) is 48.1 Å². The predicted octanol–water partition coefficient (Wildman–Crippen LogP) is 4.12. The van der Waals surface area contributed by atoms with Gasteiger partial charge in [-0.25, -0.2) is 9.37 Å². The van der Waals surface area contributed by atoms with Gasteiger partial charge in [-0.05, 0) is 42.0 Å². The number of aromatic nitrogens is 3. The Kier molecular flexibility index (Phi) is 5.90. The van der Waals surface area contributed by atoms with Crippen LogP contribution in [-0.4, -0.2) is 57.9 Å². The Bertz CT molecular complexity index is 1250. The number of nitrogens with zero attached hydrogens (tertiary/aromatic N) is 5. The average molecular weight is 468 g/mol. The highest BCUT2D eigenvalue weighted by Crippen LogP contribution is 2.40. The maximum atomic E-state index is 14.2. The minimum absolute atomic E-state index is 0.0778. The number of benzene rings is 2. The van der Waals surface area contributed by atoms with Gasteiger partial charge in [-0.3, -0.25) is 4.90 Å². The van der Waals surface area contributed by atoms with Crippen molar-refractivity contribution in [2.45, 2.75) is 19.4 Å². The van der Waals surface area contributed by atoms with Crippen molar-refractivity contribution < 1.29 is 14.2 Å².